The molecular weight excluding hydrogens is 472 g/mol. The molecule has 0 bridgehead atoms. The van der Waals surface area contributed by atoms with Crippen molar-refractivity contribution in [2.45, 2.75) is 17.9 Å². The molecule has 2 aliphatic rings. The topological polar surface area (TPSA) is 85.9 Å². The zero-order valence-electron chi connectivity index (χ0n) is 16.1. The average Bonchev–Trinajstić information content (AvgIpc) is 3.18. The first kappa shape index (κ1) is 20.6. The Kier molecular flexibility index (Phi) is 6.19. The molecule has 7 nitrogen and oxygen atoms in total. The zero-order valence-corrected chi connectivity index (χ0v) is 18.5. The van der Waals surface area contributed by atoms with Gasteiger partial charge in [-0.2, -0.15) is 0 Å². The number of thioether (sulfide) groups is 1. The first-order valence-corrected chi connectivity index (χ1v) is 11.0. The van der Waals surface area contributed by atoms with Crippen molar-refractivity contribution in [1.82, 2.24) is 10.6 Å². The van der Waals surface area contributed by atoms with E-state index in [1.807, 2.05) is 30.3 Å². The molecule has 0 radical (unpaired) electrons. The Morgan fingerprint density at radius 3 is 2.73 bits per heavy atom. The van der Waals surface area contributed by atoms with Gasteiger partial charge in [-0.25, -0.2) is 9.59 Å². The minimum atomic E-state index is -0.683. The molecular formula is C21H19BrN2O5S. The number of esters is 1. The number of halogens is 1. The fraction of sp³-hybridized carbons (Fsp3) is 0.238. The minimum absolute atomic E-state index is 0.132. The lowest BCUT2D eigenvalue weighted by molar-refractivity contribution is -0.138. The highest BCUT2D eigenvalue weighted by Crippen LogP contribution is 2.41. The van der Waals surface area contributed by atoms with E-state index >= 15 is 0 Å². The molecule has 0 aromatic heterocycles. The molecule has 0 spiro atoms. The Morgan fingerprint density at radius 2 is 1.97 bits per heavy atom. The van der Waals surface area contributed by atoms with E-state index in [1.54, 1.807) is 30.8 Å². The summed E-state index contributed by atoms with van der Waals surface area (Å²) in [4.78, 5) is 26.1. The van der Waals surface area contributed by atoms with E-state index in [-0.39, 0.29) is 13.4 Å². The highest BCUT2D eigenvalue weighted by molar-refractivity contribution is 9.10. The standard InChI is InChI=1S/C21H19BrN2O5S/c1-12-18(20(25)27-7-8-30-13-5-3-2-4-6-13)19(24-21(26)23-12)14-9-16-17(10-15(14)22)29-11-28-16/h2-6,9-10,19H,7-8,11H2,1H3,(H2,23,24,26)/t19-/m1/s1. The molecule has 2 aliphatic heterocycles. The molecule has 0 aliphatic carbocycles. The number of benzene rings is 2. The first-order chi connectivity index (χ1) is 14.5. The van der Waals surface area contributed by atoms with Gasteiger partial charge in [0.2, 0.25) is 6.79 Å². The lowest BCUT2D eigenvalue weighted by Crippen LogP contribution is -2.45. The number of nitrogens with one attached hydrogen (secondary N) is 2. The number of fused-ring (bicyclic) bond motifs is 1. The molecule has 1 atom stereocenters. The fourth-order valence-electron chi connectivity index (χ4n) is 3.24. The fourth-order valence-corrected chi connectivity index (χ4v) is 4.54. The molecule has 2 N–H and O–H groups in total. The predicted molar refractivity (Wildman–Crippen MR) is 115 cm³/mol. The Labute approximate surface area is 186 Å². The summed E-state index contributed by atoms with van der Waals surface area (Å²) in [6, 6.07) is 12.3. The van der Waals surface area contributed by atoms with Crippen LogP contribution in [0.1, 0.15) is 18.5 Å². The molecule has 9 heteroatoms. The van der Waals surface area contributed by atoms with Crippen molar-refractivity contribution >= 4 is 39.7 Å². The molecule has 0 saturated heterocycles. The summed E-state index contributed by atoms with van der Waals surface area (Å²) in [5.41, 5.74) is 1.48. The van der Waals surface area contributed by atoms with Crippen LogP contribution in [0, 0.1) is 0 Å². The van der Waals surface area contributed by atoms with Crippen LogP contribution in [0.3, 0.4) is 0 Å². The summed E-state index contributed by atoms with van der Waals surface area (Å²) in [5.74, 6) is 1.31. The Morgan fingerprint density at radius 1 is 1.23 bits per heavy atom. The number of amides is 2. The lowest BCUT2D eigenvalue weighted by atomic mass is 9.95. The van der Waals surface area contributed by atoms with E-state index in [0.717, 1.165) is 4.90 Å². The van der Waals surface area contributed by atoms with Crippen LogP contribution in [0.4, 0.5) is 4.79 Å². The van der Waals surface area contributed by atoms with Crippen LogP contribution in [-0.4, -0.2) is 31.2 Å². The third-order valence-electron chi connectivity index (χ3n) is 4.62. The number of carbonyl (C=O) groups is 2. The quantitative estimate of drug-likeness (QED) is 0.359. The van der Waals surface area contributed by atoms with E-state index in [9.17, 15) is 9.59 Å². The number of hydrogen-bond acceptors (Lipinski definition) is 6. The van der Waals surface area contributed by atoms with Gasteiger partial charge in [0.25, 0.3) is 0 Å². The van der Waals surface area contributed by atoms with Crippen molar-refractivity contribution in [2.24, 2.45) is 0 Å². The number of hydrogen-bond donors (Lipinski definition) is 2. The number of rotatable bonds is 6. The largest absolute Gasteiger partial charge is 0.461 e. The highest BCUT2D eigenvalue weighted by Gasteiger charge is 2.34. The molecule has 2 aromatic carbocycles. The van der Waals surface area contributed by atoms with Crippen molar-refractivity contribution in [3.8, 4) is 11.5 Å². The molecule has 4 rings (SSSR count). The van der Waals surface area contributed by atoms with Crippen molar-refractivity contribution in [2.75, 3.05) is 19.2 Å². The maximum atomic E-state index is 12.9. The van der Waals surface area contributed by atoms with Gasteiger partial charge in [0.05, 0.1) is 11.6 Å². The van der Waals surface area contributed by atoms with E-state index in [2.05, 4.69) is 26.6 Å². The van der Waals surface area contributed by atoms with Gasteiger partial charge in [-0.15, -0.1) is 11.8 Å². The Bertz CT molecular complexity index is 1010. The lowest BCUT2D eigenvalue weighted by Gasteiger charge is -2.28. The van der Waals surface area contributed by atoms with Gasteiger partial charge in [-0.1, -0.05) is 34.1 Å². The van der Waals surface area contributed by atoms with E-state index in [4.69, 9.17) is 14.2 Å². The molecule has 156 valence electrons. The van der Waals surface area contributed by atoms with Gasteiger partial charge >= 0.3 is 12.0 Å². The maximum absolute atomic E-state index is 12.9. The van der Waals surface area contributed by atoms with Gasteiger partial charge in [0.15, 0.2) is 11.5 Å². The van der Waals surface area contributed by atoms with Gasteiger partial charge in [-0.05, 0) is 36.8 Å². The van der Waals surface area contributed by atoms with Crippen LogP contribution in [0.25, 0.3) is 0 Å². The summed E-state index contributed by atoms with van der Waals surface area (Å²) < 4.78 is 17.0. The third kappa shape index (κ3) is 4.41. The second-order valence-electron chi connectivity index (χ2n) is 6.59. The average molecular weight is 491 g/mol. The normalized spacial score (nSPS) is 17.4. The number of ether oxygens (including phenoxy) is 3. The van der Waals surface area contributed by atoms with Crippen LogP contribution in [0.2, 0.25) is 0 Å². The minimum Gasteiger partial charge on any atom is -0.461 e. The molecule has 30 heavy (non-hydrogen) atoms. The molecule has 2 aromatic rings. The Hall–Kier alpha value is -2.65. The molecule has 2 amide bonds. The van der Waals surface area contributed by atoms with Crippen LogP contribution < -0.4 is 20.1 Å². The maximum Gasteiger partial charge on any atom is 0.338 e. The first-order valence-electron chi connectivity index (χ1n) is 9.25. The highest BCUT2D eigenvalue weighted by atomic mass is 79.9. The molecule has 0 unspecified atom stereocenters. The van der Waals surface area contributed by atoms with Crippen molar-refractivity contribution in [1.29, 1.82) is 0 Å². The van der Waals surface area contributed by atoms with Crippen LogP contribution in [0.5, 0.6) is 11.5 Å². The smallest absolute Gasteiger partial charge is 0.338 e. The second kappa shape index (κ2) is 9.01. The summed E-state index contributed by atoms with van der Waals surface area (Å²) in [6.45, 7) is 2.06. The SMILES string of the molecule is CC1=C(C(=O)OCCSc2ccccc2)[C@@H](c2cc3c(cc2Br)OCO3)NC(=O)N1. The van der Waals surface area contributed by atoms with Gasteiger partial charge < -0.3 is 24.8 Å². The number of allylic oxidation sites excluding steroid dienone is 1. The van der Waals surface area contributed by atoms with Crippen LogP contribution >= 0.6 is 27.7 Å². The van der Waals surface area contributed by atoms with Gasteiger partial charge in [-0.3, -0.25) is 0 Å². The van der Waals surface area contributed by atoms with Crippen molar-refractivity contribution in [3.05, 3.63) is 63.8 Å². The number of urea groups is 1. The summed E-state index contributed by atoms with van der Waals surface area (Å²) in [6.07, 6.45) is 0. The second-order valence-corrected chi connectivity index (χ2v) is 8.62. The van der Waals surface area contributed by atoms with E-state index in [1.165, 1.54) is 0 Å². The van der Waals surface area contributed by atoms with Crippen LogP contribution in [0.15, 0.2) is 63.1 Å². The monoisotopic (exact) mass is 490 g/mol. The van der Waals surface area contributed by atoms with Gasteiger partial charge in [0, 0.05) is 20.8 Å². The summed E-state index contributed by atoms with van der Waals surface area (Å²) in [5, 5.41) is 5.45. The molecule has 0 fully saturated rings. The third-order valence-corrected chi connectivity index (χ3v) is 6.28. The molecule has 2 heterocycles. The zero-order chi connectivity index (χ0) is 21.1. The number of carbonyl (C=O) groups excluding carboxylic acids is 2. The van der Waals surface area contributed by atoms with Crippen molar-refractivity contribution in [3.63, 3.8) is 0 Å². The van der Waals surface area contributed by atoms with Crippen molar-refractivity contribution < 1.29 is 23.8 Å². The Balaban J connectivity index is 1.50. The summed E-state index contributed by atoms with van der Waals surface area (Å²) in [7, 11) is 0. The summed E-state index contributed by atoms with van der Waals surface area (Å²) >= 11 is 5.11. The van der Waals surface area contributed by atoms with E-state index < -0.39 is 18.0 Å². The molecule has 0 saturated carbocycles. The van der Waals surface area contributed by atoms with E-state index in [0.29, 0.717) is 38.6 Å². The van der Waals surface area contributed by atoms with Crippen LogP contribution in [-0.2, 0) is 9.53 Å². The predicted octanol–water partition coefficient (Wildman–Crippen LogP) is 4.14. The van der Waals surface area contributed by atoms with Gasteiger partial charge in [0.1, 0.15) is 6.61 Å².